The summed E-state index contributed by atoms with van der Waals surface area (Å²) < 4.78 is 0. The molecule has 0 saturated heterocycles. The Hall–Kier alpha value is -2.07. The lowest BCUT2D eigenvalue weighted by atomic mass is 9.98. The number of pyridine rings is 1. The molecule has 2 rings (SSSR count). The number of hydrogen-bond acceptors (Lipinski definition) is 3. The molecule has 0 aliphatic carbocycles. The van der Waals surface area contributed by atoms with Crippen LogP contribution in [0.5, 0.6) is 0 Å². The minimum atomic E-state index is -0.373. The average Bonchev–Trinajstić information content (AvgIpc) is 2.56. The number of amides is 1. The molecule has 122 valence electrons. The summed E-state index contributed by atoms with van der Waals surface area (Å²) in [7, 11) is 0. The van der Waals surface area contributed by atoms with Crippen LogP contribution in [-0.2, 0) is 4.79 Å². The van der Waals surface area contributed by atoms with Gasteiger partial charge in [0.15, 0.2) is 0 Å². The molecule has 1 aromatic heterocycles. The molecule has 0 unspecified atom stereocenters. The molecule has 1 aromatic carbocycles. The van der Waals surface area contributed by atoms with Crippen molar-refractivity contribution in [1.29, 1.82) is 0 Å². The van der Waals surface area contributed by atoms with Crippen molar-refractivity contribution in [2.75, 3.05) is 10.6 Å². The second-order valence-electron chi connectivity index (χ2n) is 5.65. The molecule has 2 atom stereocenters. The predicted molar refractivity (Wildman–Crippen MR) is 96.1 cm³/mol. The summed E-state index contributed by atoms with van der Waals surface area (Å²) in [6, 6.07) is 11.2. The van der Waals surface area contributed by atoms with E-state index in [-0.39, 0.29) is 11.9 Å². The lowest BCUT2D eigenvalue weighted by molar-refractivity contribution is -0.116. The van der Waals surface area contributed by atoms with E-state index in [0.717, 1.165) is 12.1 Å². The van der Waals surface area contributed by atoms with Gasteiger partial charge >= 0.3 is 0 Å². The van der Waals surface area contributed by atoms with Crippen LogP contribution in [-0.4, -0.2) is 16.9 Å². The van der Waals surface area contributed by atoms with Gasteiger partial charge < -0.3 is 10.6 Å². The molecule has 5 heteroatoms. The Balaban J connectivity index is 1.93. The summed E-state index contributed by atoms with van der Waals surface area (Å²) >= 11 is 5.78. The van der Waals surface area contributed by atoms with Crippen molar-refractivity contribution in [3.8, 4) is 0 Å². The first-order chi connectivity index (χ1) is 11.0. The molecule has 2 N–H and O–H groups in total. The summed E-state index contributed by atoms with van der Waals surface area (Å²) in [6.07, 6.45) is 2.61. The summed E-state index contributed by atoms with van der Waals surface area (Å²) in [5, 5.41) is 6.49. The topological polar surface area (TPSA) is 54.0 Å². The van der Waals surface area contributed by atoms with Crippen molar-refractivity contribution in [3.05, 3.63) is 53.2 Å². The number of carbonyl (C=O) groups excluding carboxylic acids is 1. The number of halogens is 1. The Kier molecular flexibility index (Phi) is 5.99. The smallest absolute Gasteiger partial charge is 0.247 e. The molecule has 0 saturated carbocycles. The number of hydrogen-bond donors (Lipinski definition) is 2. The second-order valence-corrected chi connectivity index (χ2v) is 6.08. The average molecular weight is 332 g/mol. The molecule has 0 bridgehead atoms. The fourth-order valence-electron chi connectivity index (χ4n) is 2.14. The maximum Gasteiger partial charge on any atom is 0.247 e. The van der Waals surface area contributed by atoms with E-state index in [1.165, 1.54) is 11.8 Å². The van der Waals surface area contributed by atoms with Crippen LogP contribution < -0.4 is 10.6 Å². The highest BCUT2D eigenvalue weighted by molar-refractivity contribution is 6.30. The van der Waals surface area contributed by atoms with Gasteiger partial charge in [0.2, 0.25) is 5.91 Å². The minimum absolute atomic E-state index is 0.147. The van der Waals surface area contributed by atoms with Crippen molar-refractivity contribution in [3.63, 3.8) is 0 Å². The Labute approximate surface area is 142 Å². The van der Waals surface area contributed by atoms with Crippen LogP contribution in [0.3, 0.4) is 0 Å². The van der Waals surface area contributed by atoms with Gasteiger partial charge in [0.1, 0.15) is 11.9 Å². The highest BCUT2D eigenvalue weighted by Gasteiger charge is 2.13. The fourth-order valence-corrected chi connectivity index (χ4v) is 2.26. The van der Waals surface area contributed by atoms with Crippen LogP contribution in [0.2, 0.25) is 5.02 Å². The van der Waals surface area contributed by atoms with Gasteiger partial charge in [0, 0.05) is 11.9 Å². The number of nitrogens with zero attached hydrogens (tertiary/aromatic N) is 1. The van der Waals surface area contributed by atoms with Gasteiger partial charge in [-0.25, -0.2) is 4.98 Å². The highest BCUT2D eigenvalue weighted by atomic mass is 35.5. The normalized spacial score (nSPS) is 13.2. The van der Waals surface area contributed by atoms with E-state index in [2.05, 4.69) is 41.6 Å². The standard InChI is InChI=1S/C18H22ClN3O/c1-4-12(2)14-5-8-16(9-6-14)21-13(3)18(23)22-17-10-7-15(19)11-20-17/h5-13,21H,4H2,1-3H3,(H,20,22,23)/t12-,13-/m0/s1. The van der Waals surface area contributed by atoms with E-state index in [0.29, 0.717) is 16.8 Å². The molecular weight excluding hydrogens is 310 g/mol. The van der Waals surface area contributed by atoms with Gasteiger partial charge in [0.05, 0.1) is 5.02 Å². The number of aromatic nitrogens is 1. The summed E-state index contributed by atoms with van der Waals surface area (Å²) in [5.74, 6) is 0.881. The van der Waals surface area contributed by atoms with Crippen molar-refractivity contribution in [1.82, 2.24) is 4.98 Å². The first-order valence-electron chi connectivity index (χ1n) is 7.78. The quantitative estimate of drug-likeness (QED) is 0.807. The van der Waals surface area contributed by atoms with Crippen molar-refractivity contribution >= 4 is 29.0 Å². The summed E-state index contributed by atoms with van der Waals surface area (Å²) in [5.41, 5.74) is 2.23. The molecular formula is C18H22ClN3O. The Bertz CT molecular complexity index is 640. The Morgan fingerprint density at radius 2 is 1.87 bits per heavy atom. The molecule has 0 spiro atoms. The molecule has 23 heavy (non-hydrogen) atoms. The zero-order valence-electron chi connectivity index (χ0n) is 13.6. The van der Waals surface area contributed by atoms with Gasteiger partial charge in [-0.3, -0.25) is 4.79 Å². The lowest BCUT2D eigenvalue weighted by Gasteiger charge is -2.16. The molecule has 0 fully saturated rings. The third-order valence-electron chi connectivity index (χ3n) is 3.85. The van der Waals surface area contributed by atoms with Crippen LogP contribution in [0, 0.1) is 0 Å². The maximum absolute atomic E-state index is 12.2. The first kappa shape index (κ1) is 17.3. The SMILES string of the molecule is CC[C@H](C)c1ccc(N[C@@H](C)C(=O)Nc2ccc(Cl)cn2)cc1. The van der Waals surface area contributed by atoms with Crippen LogP contribution in [0.25, 0.3) is 0 Å². The van der Waals surface area contributed by atoms with Crippen LogP contribution in [0.4, 0.5) is 11.5 Å². The molecule has 1 amide bonds. The van der Waals surface area contributed by atoms with Gasteiger partial charge in [-0.15, -0.1) is 0 Å². The zero-order valence-corrected chi connectivity index (χ0v) is 14.4. The fraction of sp³-hybridized carbons (Fsp3) is 0.333. The first-order valence-corrected chi connectivity index (χ1v) is 8.16. The zero-order chi connectivity index (χ0) is 16.8. The molecule has 0 aliphatic heterocycles. The van der Waals surface area contributed by atoms with E-state index in [9.17, 15) is 4.79 Å². The van der Waals surface area contributed by atoms with E-state index in [1.54, 1.807) is 12.1 Å². The number of rotatable bonds is 6. The van der Waals surface area contributed by atoms with Crippen molar-refractivity contribution < 1.29 is 4.79 Å². The maximum atomic E-state index is 12.2. The highest BCUT2D eigenvalue weighted by Crippen LogP contribution is 2.21. The molecule has 2 aromatic rings. The van der Waals surface area contributed by atoms with E-state index < -0.39 is 0 Å². The second kappa shape index (κ2) is 7.97. The Morgan fingerprint density at radius 3 is 2.43 bits per heavy atom. The van der Waals surface area contributed by atoms with E-state index in [4.69, 9.17) is 11.6 Å². The predicted octanol–water partition coefficient (Wildman–Crippen LogP) is 4.69. The van der Waals surface area contributed by atoms with Crippen molar-refractivity contribution in [2.24, 2.45) is 0 Å². The van der Waals surface area contributed by atoms with Gasteiger partial charge in [0.25, 0.3) is 0 Å². The third kappa shape index (κ3) is 4.96. The van der Waals surface area contributed by atoms with Gasteiger partial charge in [-0.1, -0.05) is 37.6 Å². The molecule has 4 nitrogen and oxygen atoms in total. The largest absolute Gasteiger partial charge is 0.374 e. The molecule has 0 radical (unpaired) electrons. The summed E-state index contributed by atoms with van der Waals surface area (Å²) in [4.78, 5) is 16.2. The number of benzene rings is 1. The lowest BCUT2D eigenvalue weighted by Crippen LogP contribution is -2.32. The van der Waals surface area contributed by atoms with Crippen LogP contribution in [0.1, 0.15) is 38.7 Å². The van der Waals surface area contributed by atoms with E-state index in [1.807, 2.05) is 19.1 Å². The van der Waals surface area contributed by atoms with Gasteiger partial charge in [-0.05, 0) is 49.1 Å². The summed E-state index contributed by atoms with van der Waals surface area (Å²) in [6.45, 7) is 6.19. The van der Waals surface area contributed by atoms with Crippen molar-refractivity contribution in [2.45, 2.75) is 39.2 Å². The molecule has 1 heterocycles. The van der Waals surface area contributed by atoms with Crippen LogP contribution >= 0.6 is 11.6 Å². The van der Waals surface area contributed by atoms with Crippen LogP contribution in [0.15, 0.2) is 42.6 Å². The minimum Gasteiger partial charge on any atom is -0.374 e. The number of anilines is 2. The molecule has 0 aliphatic rings. The van der Waals surface area contributed by atoms with E-state index >= 15 is 0 Å². The monoisotopic (exact) mass is 331 g/mol. The Morgan fingerprint density at radius 1 is 1.17 bits per heavy atom. The third-order valence-corrected chi connectivity index (χ3v) is 4.07. The number of carbonyl (C=O) groups is 1. The number of nitrogens with one attached hydrogen (secondary N) is 2. The van der Waals surface area contributed by atoms with Gasteiger partial charge in [-0.2, -0.15) is 0 Å².